The van der Waals surface area contributed by atoms with Gasteiger partial charge in [0.2, 0.25) is 10.0 Å². The Hall–Kier alpha value is -2.12. The van der Waals surface area contributed by atoms with Crippen molar-refractivity contribution in [3.8, 4) is 5.75 Å². The van der Waals surface area contributed by atoms with Crippen LogP contribution in [-0.2, 0) is 16.6 Å². The summed E-state index contributed by atoms with van der Waals surface area (Å²) in [5.41, 5.74) is 5.91. The average molecular weight is 310 g/mol. The van der Waals surface area contributed by atoms with E-state index in [1.54, 1.807) is 24.3 Å². The average Bonchev–Trinajstić information content (AvgIpc) is 2.48. The van der Waals surface area contributed by atoms with Gasteiger partial charge < -0.3 is 10.5 Å². The number of nitrogens with one attached hydrogen (secondary N) is 1. The Balaban J connectivity index is 2.15. The molecule has 0 saturated carbocycles. The van der Waals surface area contributed by atoms with Crippen molar-refractivity contribution in [2.45, 2.75) is 11.4 Å². The number of rotatable bonds is 5. The summed E-state index contributed by atoms with van der Waals surface area (Å²) >= 11 is 0. The van der Waals surface area contributed by atoms with Crippen molar-refractivity contribution in [1.29, 1.82) is 0 Å². The quantitative estimate of drug-likeness (QED) is 0.826. The first-order valence-electron chi connectivity index (χ1n) is 6.10. The lowest BCUT2D eigenvalue weighted by Gasteiger charge is -2.09. The number of hydrogen-bond donors (Lipinski definition) is 2. The van der Waals surface area contributed by atoms with Gasteiger partial charge in [0.15, 0.2) is 0 Å². The molecule has 0 amide bonds. The van der Waals surface area contributed by atoms with Crippen LogP contribution < -0.4 is 15.2 Å². The van der Waals surface area contributed by atoms with Crippen molar-refractivity contribution in [3.05, 3.63) is 53.8 Å². The van der Waals surface area contributed by atoms with E-state index in [1.165, 1.54) is 13.2 Å². The summed E-state index contributed by atoms with van der Waals surface area (Å²) in [6.07, 6.45) is 0. The molecule has 112 valence electrons. The molecule has 0 unspecified atom stereocenters. The summed E-state index contributed by atoms with van der Waals surface area (Å²) in [5, 5.41) is 0. The molecule has 0 heterocycles. The Morgan fingerprint density at radius 1 is 1.24 bits per heavy atom. The van der Waals surface area contributed by atoms with Crippen LogP contribution in [0.2, 0.25) is 0 Å². The molecule has 2 rings (SSSR count). The number of anilines is 1. The number of benzene rings is 2. The molecular weight excluding hydrogens is 295 g/mol. The van der Waals surface area contributed by atoms with Gasteiger partial charge in [0.1, 0.15) is 11.6 Å². The van der Waals surface area contributed by atoms with Crippen LogP contribution in [0, 0.1) is 5.82 Å². The van der Waals surface area contributed by atoms with Crippen molar-refractivity contribution < 1.29 is 17.5 Å². The van der Waals surface area contributed by atoms with Crippen LogP contribution in [0.25, 0.3) is 0 Å². The monoisotopic (exact) mass is 310 g/mol. The maximum absolute atomic E-state index is 13.1. The minimum absolute atomic E-state index is 0.0794. The molecular formula is C14H15FN2O3S. The number of ether oxygens (including phenoxy) is 1. The van der Waals surface area contributed by atoms with E-state index in [2.05, 4.69) is 4.72 Å². The molecule has 2 aromatic carbocycles. The van der Waals surface area contributed by atoms with Gasteiger partial charge in [0, 0.05) is 6.54 Å². The number of nitrogens with two attached hydrogens (primary N) is 1. The van der Waals surface area contributed by atoms with Gasteiger partial charge in [0.25, 0.3) is 0 Å². The third-order valence-corrected chi connectivity index (χ3v) is 4.28. The van der Waals surface area contributed by atoms with E-state index in [1.807, 2.05) is 0 Å². The van der Waals surface area contributed by atoms with E-state index in [9.17, 15) is 12.8 Å². The zero-order valence-electron chi connectivity index (χ0n) is 11.3. The van der Waals surface area contributed by atoms with E-state index in [-0.39, 0.29) is 17.1 Å². The second-order valence-corrected chi connectivity index (χ2v) is 6.13. The lowest BCUT2D eigenvalue weighted by Crippen LogP contribution is -2.23. The molecule has 21 heavy (non-hydrogen) atoms. The largest absolute Gasteiger partial charge is 0.497 e. The van der Waals surface area contributed by atoms with Gasteiger partial charge in [-0.05, 0) is 35.9 Å². The third kappa shape index (κ3) is 3.71. The maximum atomic E-state index is 13.1. The summed E-state index contributed by atoms with van der Waals surface area (Å²) in [4.78, 5) is -0.0794. The summed E-state index contributed by atoms with van der Waals surface area (Å²) in [6, 6.07) is 10.3. The minimum Gasteiger partial charge on any atom is -0.497 e. The predicted molar refractivity (Wildman–Crippen MR) is 77.8 cm³/mol. The highest BCUT2D eigenvalue weighted by Crippen LogP contribution is 2.17. The van der Waals surface area contributed by atoms with Crippen LogP contribution in [-0.4, -0.2) is 15.5 Å². The number of sulfonamides is 1. The second kappa shape index (κ2) is 6.11. The van der Waals surface area contributed by atoms with Gasteiger partial charge >= 0.3 is 0 Å². The predicted octanol–water partition coefficient (Wildman–Crippen LogP) is 1.90. The van der Waals surface area contributed by atoms with E-state index in [4.69, 9.17) is 10.5 Å². The van der Waals surface area contributed by atoms with Crippen LogP contribution in [0.3, 0.4) is 0 Å². The van der Waals surface area contributed by atoms with Crippen molar-refractivity contribution in [3.63, 3.8) is 0 Å². The van der Waals surface area contributed by atoms with Crippen molar-refractivity contribution in [1.82, 2.24) is 4.72 Å². The number of halogens is 1. The number of hydrogen-bond acceptors (Lipinski definition) is 4. The van der Waals surface area contributed by atoms with Crippen molar-refractivity contribution in [2.75, 3.05) is 12.8 Å². The van der Waals surface area contributed by atoms with E-state index in [0.29, 0.717) is 5.75 Å². The molecule has 0 bridgehead atoms. The zero-order chi connectivity index (χ0) is 15.5. The lowest BCUT2D eigenvalue weighted by molar-refractivity contribution is 0.414. The molecule has 3 N–H and O–H groups in total. The molecule has 0 fully saturated rings. The molecule has 0 aliphatic carbocycles. The normalized spacial score (nSPS) is 11.3. The molecule has 0 spiro atoms. The third-order valence-electron chi connectivity index (χ3n) is 2.88. The molecule has 5 nitrogen and oxygen atoms in total. The van der Waals surface area contributed by atoms with E-state index >= 15 is 0 Å². The molecule has 0 radical (unpaired) electrons. The standard InChI is InChI=1S/C14H15FN2O3S/c1-20-11-4-2-3-10(7-11)9-17-21(18,19)12-5-6-13(15)14(16)8-12/h2-8,17H,9,16H2,1H3. The zero-order valence-corrected chi connectivity index (χ0v) is 12.2. The molecule has 0 aliphatic rings. The molecule has 0 atom stereocenters. The molecule has 7 heteroatoms. The maximum Gasteiger partial charge on any atom is 0.240 e. The summed E-state index contributed by atoms with van der Waals surface area (Å²) < 4.78 is 44.8. The summed E-state index contributed by atoms with van der Waals surface area (Å²) in [6.45, 7) is 0.0941. The first kappa shape index (κ1) is 15.3. The van der Waals surface area contributed by atoms with Gasteiger partial charge in [-0.2, -0.15) is 0 Å². The minimum atomic E-state index is -3.75. The fraction of sp³-hybridized carbons (Fsp3) is 0.143. The highest BCUT2D eigenvalue weighted by molar-refractivity contribution is 7.89. The second-order valence-electron chi connectivity index (χ2n) is 4.36. The smallest absolute Gasteiger partial charge is 0.240 e. The fourth-order valence-corrected chi connectivity index (χ4v) is 2.79. The van der Waals surface area contributed by atoms with Gasteiger partial charge in [-0.25, -0.2) is 17.5 Å². The molecule has 0 aromatic heterocycles. The van der Waals surface area contributed by atoms with Gasteiger partial charge in [-0.3, -0.25) is 0 Å². The van der Waals surface area contributed by atoms with E-state index < -0.39 is 15.8 Å². The van der Waals surface area contributed by atoms with E-state index in [0.717, 1.165) is 17.7 Å². The van der Waals surface area contributed by atoms with Gasteiger partial charge in [-0.1, -0.05) is 12.1 Å². The topological polar surface area (TPSA) is 81.4 Å². The first-order valence-corrected chi connectivity index (χ1v) is 7.58. The SMILES string of the molecule is COc1cccc(CNS(=O)(=O)c2ccc(F)c(N)c2)c1. The number of nitrogen functional groups attached to an aromatic ring is 1. The molecule has 0 saturated heterocycles. The molecule has 0 aliphatic heterocycles. The summed E-state index contributed by atoms with van der Waals surface area (Å²) in [7, 11) is -2.22. The Morgan fingerprint density at radius 2 is 2.00 bits per heavy atom. The van der Waals surface area contributed by atoms with Crippen LogP contribution in [0.4, 0.5) is 10.1 Å². The molecule has 2 aromatic rings. The lowest BCUT2D eigenvalue weighted by atomic mass is 10.2. The van der Waals surface area contributed by atoms with Crippen LogP contribution >= 0.6 is 0 Å². The highest BCUT2D eigenvalue weighted by atomic mass is 32.2. The van der Waals surface area contributed by atoms with Crippen molar-refractivity contribution in [2.24, 2.45) is 0 Å². The Kier molecular flexibility index (Phi) is 4.44. The Bertz CT molecular complexity index is 748. The Labute approximate surface area is 122 Å². The van der Waals surface area contributed by atoms with Crippen LogP contribution in [0.15, 0.2) is 47.4 Å². The fourth-order valence-electron chi connectivity index (χ4n) is 1.73. The first-order chi connectivity index (χ1) is 9.92. The van der Waals surface area contributed by atoms with Crippen LogP contribution in [0.1, 0.15) is 5.56 Å². The Morgan fingerprint density at radius 3 is 2.67 bits per heavy atom. The van der Waals surface area contributed by atoms with Gasteiger partial charge in [0.05, 0.1) is 17.7 Å². The summed E-state index contributed by atoms with van der Waals surface area (Å²) in [5.74, 6) is -0.0144. The van der Waals surface area contributed by atoms with Crippen LogP contribution in [0.5, 0.6) is 5.75 Å². The van der Waals surface area contributed by atoms with Gasteiger partial charge in [-0.15, -0.1) is 0 Å². The number of methoxy groups -OCH3 is 1. The van der Waals surface area contributed by atoms with Crippen molar-refractivity contribution >= 4 is 15.7 Å². The highest BCUT2D eigenvalue weighted by Gasteiger charge is 2.15.